The van der Waals surface area contributed by atoms with Crippen LogP contribution in [0.4, 0.5) is 5.13 Å². The number of aromatic nitrogens is 1. The van der Waals surface area contributed by atoms with Crippen LogP contribution < -0.4 is 9.64 Å². The van der Waals surface area contributed by atoms with E-state index in [1.54, 1.807) is 55.5 Å². The van der Waals surface area contributed by atoms with Crippen LogP contribution in [0.15, 0.2) is 54.1 Å². The van der Waals surface area contributed by atoms with Gasteiger partial charge in [0.25, 0.3) is 5.78 Å². The van der Waals surface area contributed by atoms with Crippen LogP contribution in [0.3, 0.4) is 0 Å². The maximum Gasteiger partial charge on any atom is 0.350 e. The van der Waals surface area contributed by atoms with Gasteiger partial charge in [-0.15, -0.1) is 0 Å². The molecule has 2 heterocycles. The predicted octanol–water partition coefficient (Wildman–Crippen LogP) is 4.53. The highest BCUT2D eigenvalue weighted by Gasteiger charge is 2.48. The van der Waals surface area contributed by atoms with E-state index in [1.807, 2.05) is 0 Å². The third-order valence-corrected chi connectivity index (χ3v) is 6.74. The van der Waals surface area contributed by atoms with Crippen molar-refractivity contribution in [2.45, 2.75) is 13.0 Å². The van der Waals surface area contributed by atoms with Gasteiger partial charge in [0, 0.05) is 10.6 Å². The number of aliphatic hydroxyl groups excluding tert-OH is 1. The first-order valence-corrected chi connectivity index (χ1v) is 11.2. The highest BCUT2D eigenvalue weighted by molar-refractivity contribution is 7.17. The maximum atomic E-state index is 13.2. The molecule has 174 valence electrons. The Balaban J connectivity index is 1.92. The van der Waals surface area contributed by atoms with Crippen LogP contribution in [-0.2, 0) is 14.3 Å². The molecule has 34 heavy (non-hydrogen) atoms. The summed E-state index contributed by atoms with van der Waals surface area (Å²) in [5.41, 5.74) is 1.12. The molecule has 0 spiro atoms. The first-order valence-electron chi connectivity index (χ1n) is 10.0. The molecule has 0 radical (unpaired) electrons. The van der Waals surface area contributed by atoms with Gasteiger partial charge in [0.1, 0.15) is 16.4 Å². The topological polar surface area (TPSA) is 106 Å². The summed E-state index contributed by atoms with van der Waals surface area (Å²) in [6.07, 6.45) is 0. The zero-order valence-corrected chi connectivity index (χ0v) is 19.9. The molecular weight excluding hydrogens is 480 g/mol. The molecule has 10 heteroatoms. The Labute approximate surface area is 204 Å². The summed E-state index contributed by atoms with van der Waals surface area (Å²) in [4.78, 5) is 44.3. The smallest absolute Gasteiger partial charge is 0.350 e. The fraction of sp³-hybridized carbons (Fsp3) is 0.167. The Bertz CT molecular complexity index is 1310. The summed E-state index contributed by atoms with van der Waals surface area (Å²) < 4.78 is 10.0. The average molecular weight is 499 g/mol. The number of ketones is 1. The normalized spacial score (nSPS) is 17.2. The number of thiazole rings is 1. The molecule has 1 fully saturated rings. The number of amides is 1. The van der Waals surface area contributed by atoms with Crippen molar-refractivity contribution in [2.75, 3.05) is 19.1 Å². The van der Waals surface area contributed by atoms with E-state index in [0.29, 0.717) is 27.6 Å². The zero-order valence-electron chi connectivity index (χ0n) is 18.4. The van der Waals surface area contributed by atoms with E-state index in [9.17, 15) is 19.5 Å². The van der Waals surface area contributed by atoms with Gasteiger partial charge in [0.15, 0.2) is 5.13 Å². The van der Waals surface area contributed by atoms with E-state index in [0.717, 1.165) is 11.3 Å². The van der Waals surface area contributed by atoms with Crippen molar-refractivity contribution in [3.63, 3.8) is 0 Å². The van der Waals surface area contributed by atoms with E-state index in [4.69, 9.17) is 21.1 Å². The molecule has 1 amide bonds. The van der Waals surface area contributed by atoms with Crippen molar-refractivity contribution in [3.05, 3.63) is 80.8 Å². The molecule has 0 aliphatic carbocycles. The van der Waals surface area contributed by atoms with Crippen LogP contribution in [0.25, 0.3) is 5.76 Å². The van der Waals surface area contributed by atoms with Crippen LogP contribution in [0.5, 0.6) is 5.75 Å². The minimum atomic E-state index is -0.988. The predicted molar refractivity (Wildman–Crippen MR) is 127 cm³/mol. The molecule has 0 bridgehead atoms. The second-order valence-corrected chi connectivity index (χ2v) is 8.77. The Hall–Kier alpha value is -3.69. The van der Waals surface area contributed by atoms with Gasteiger partial charge in [-0.1, -0.05) is 35.1 Å². The van der Waals surface area contributed by atoms with Crippen LogP contribution >= 0.6 is 22.9 Å². The van der Waals surface area contributed by atoms with Crippen molar-refractivity contribution in [1.29, 1.82) is 0 Å². The van der Waals surface area contributed by atoms with Gasteiger partial charge < -0.3 is 14.6 Å². The number of carbonyl (C=O) groups excluding carboxylic acids is 3. The van der Waals surface area contributed by atoms with Gasteiger partial charge in [0.05, 0.1) is 31.5 Å². The van der Waals surface area contributed by atoms with Crippen molar-refractivity contribution in [2.24, 2.45) is 0 Å². The number of carbonyl (C=O) groups is 3. The number of methoxy groups -OCH3 is 2. The maximum absolute atomic E-state index is 13.2. The van der Waals surface area contributed by atoms with Crippen LogP contribution in [0, 0.1) is 6.92 Å². The Kier molecular flexibility index (Phi) is 6.41. The zero-order chi connectivity index (χ0) is 24.6. The molecule has 1 saturated heterocycles. The molecule has 8 nitrogen and oxygen atoms in total. The number of hydrogen-bond donors (Lipinski definition) is 1. The molecule has 1 aliphatic rings. The van der Waals surface area contributed by atoms with Gasteiger partial charge >= 0.3 is 11.9 Å². The molecule has 2 aromatic carbocycles. The van der Waals surface area contributed by atoms with E-state index in [2.05, 4.69) is 4.98 Å². The number of aryl methyl sites for hydroxylation is 1. The van der Waals surface area contributed by atoms with Crippen LogP contribution in [0.1, 0.15) is 32.5 Å². The number of anilines is 1. The number of ether oxygens (including phenoxy) is 2. The van der Waals surface area contributed by atoms with Crippen LogP contribution in [0.2, 0.25) is 5.02 Å². The molecule has 1 atom stereocenters. The number of nitrogens with zero attached hydrogens (tertiary/aromatic N) is 2. The highest BCUT2D eigenvalue weighted by Crippen LogP contribution is 2.44. The van der Waals surface area contributed by atoms with Crippen molar-refractivity contribution in [1.82, 2.24) is 4.98 Å². The Morgan fingerprint density at radius 2 is 1.74 bits per heavy atom. The third-order valence-electron chi connectivity index (χ3n) is 5.36. The quantitative estimate of drug-likeness (QED) is 0.238. The molecule has 3 aromatic rings. The van der Waals surface area contributed by atoms with Gasteiger partial charge in [-0.2, -0.15) is 0 Å². The highest BCUT2D eigenvalue weighted by atomic mass is 35.5. The summed E-state index contributed by atoms with van der Waals surface area (Å²) in [7, 11) is 2.77. The van der Waals surface area contributed by atoms with Crippen molar-refractivity contribution >= 4 is 51.5 Å². The fourth-order valence-corrected chi connectivity index (χ4v) is 4.80. The molecule has 1 aromatic heterocycles. The van der Waals surface area contributed by atoms with Gasteiger partial charge in [-0.3, -0.25) is 14.5 Å². The lowest BCUT2D eigenvalue weighted by Crippen LogP contribution is -2.29. The lowest BCUT2D eigenvalue weighted by Gasteiger charge is -2.23. The monoisotopic (exact) mass is 498 g/mol. The second kappa shape index (κ2) is 9.28. The minimum absolute atomic E-state index is 0.107. The number of rotatable bonds is 5. The van der Waals surface area contributed by atoms with E-state index in [1.165, 1.54) is 19.1 Å². The molecule has 1 N–H and O–H groups in total. The summed E-state index contributed by atoms with van der Waals surface area (Å²) in [5, 5.41) is 11.7. The molecular formula is C24H19ClN2O6S. The standard InChI is InChI=1S/C24H19ClN2O6S/c1-12-21(23(31)33-3)34-24(26-12)27-18(13-6-10-16(32-2)11-7-13)17(20(29)22(27)30)19(28)14-4-8-15(25)9-5-14/h4-11,18,28H,1-3H3/b19-17+/t18-/m1/s1. The largest absolute Gasteiger partial charge is 0.507 e. The number of Topliss-reactive ketones (excluding diaryl/α,β-unsaturated/α-hetero) is 1. The molecule has 4 rings (SSSR count). The first kappa shape index (κ1) is 23.5. The second-order valence-electron chi connectivity index (χ2n) is 7.35. The van der Waals surface area contributed by atoms with Gasteiger partial charge in [-0.05, 0) is 48.9 Å². The minimum Gasteiger partial charge on any atom is -0.507 e. The first-order chi connectivity index (χ1) is 16.3. The molecule has 0 saturated carbocycles. The lowest BCUT2D eigenvalue weighted by molar-refractivity contribution is -0.132. The number of esters is 1. The third kappa shape index (κ3) is 4.04. The Morgan fingerprint density at radius 1 is 1.09 bits per heavy atom. The van der Waals surface area contributed by atoms with Crippen molar-refractivity contribution < 1.29 is 29.0 Å². The SMILES string of the molecule is COC(=O)c1sc(N2C(=O)C(=O)/C(=C(/O)c3ccc(Cl)cc3)[C@H]2c2ccc(OC)cc2)nc1C. The summed E-state index contributed by atoms with van der Waals surface area (Å²) >= 11 is 6.89. The molecule has 0 unspecified atom stereocenters. The molecule has 1 aliphatic heterocycles. The fourth-order valence-electron chi connectivity index (χ4n) is 3.66. The Morgan fingerprint density at radius 3 is 2.32 bits per heavy atom. The number of halogens is 1. The van der Waals surface area contributed by atoms with E-state index in [-0.39, 0.29) is 21.3 Å². The van der Waals surface area contributed by atoms with Crippen LogP contribution in [-0.4, -0.2) is 42.0 Å². The van der Waals surface area contributed by atoms with Crippen molar-refractivity contribution in [3.8, 4) is 5.75 Å². The number of hydrogen-bond acceptors (Lipinski definition) is 8. The summed E-state index contributed by atoms with van der Waals surface area (Å²) in [5.74, 6) is -2.11. The summed E-state index contributed by atoms with van der Waals surface area (Å²) in [6, 6.07) is 12.0. The average Bonchev–Trinajstić information content (AvgIpc) is 3.35. The lowest BCUT2D eigenvalue weighted by atomic mass is 9.95. The summed E-state index contributed by atoms with van der Waals surface area (Å²) in [6.45, 7) is 1.61. The number of aliphatic hydroxyl groups is 1. The van der Waals surface area contributed by atoms with E-state index >= 15 is 0 Å². The number of benzene rings is 2. The van der Waals surface area contributed by atoms with E-state index < -0.39 is 23.7 Å². The van der Waals surface area contributed by atoms with Gasteiger partial charge in [0.2, 0.25) is 0 Å². The van der Waals surface area contributed by atoms with Gasteiger partial charge in [-0.25, -0.2) is 9.78 Å².